The van der Waals surface area contributed by atoms with E-state index in [1.54, 1.807) is 27.7 Å². The van der Waals surface area contributed by atoms with Gasteiger partial charge in [-0.2, -0.15) is 13.2 Å². The molecular formula is C10H13Cl2F3S. The molecule has 0 bridgehead atoms. The highest BCUT2D eigenvalue weighted by atomic mass is 35.5. The number of alkyl halides is 5. The third-order valence-electron chi connectivity index (χ3n) is 4.34. The second kappa shape index (κ2) is 2.83. The molecule has 1 saturated carbocycles. The minimum absolute atomic E-state index is 0.739. The van der Waals surface area contributed by atoms with Crippen LogP contribution >= 0.6 is 35.0 Å². The Balaban J connectivity index is 2.41. The molecule has 0 nitrogen and oxygen atoms in total. The SMILES string of the molecule is CC1(C)C(Cl)(Cl)C(C)(C)C12SC2C(F)(F)F. The topological polar surface area (TPSA) is 0 Å². The number of thioether (sulfide) groups is 1. The standard InChI is InChI=1S/C10H13Cl2F3S/c1-6(2)8(5(16-8)9(13,14)15)7(3,4)10(6,11)12/h5H,1-4H3. The van der Waals surface area contributed by atoms with Crippen LogP contribution in [0.2, 0.25) is 0 Å². The van der Waals surface area contributed by atoms with Gasteiger partial charge in [-0.05, 0) is 0 Å². The molecule has 1 aliphatic heterocycles. The Hall–Kier alpha value is 0.720. The number of rotatable bonds is 0. The molecule has 1 saturated heterocycles. The maximum absolute atomic E-state index is 12.8. The van der Waals surface area contributed by atoms with Crippen molar-refractivity contribution in [2.75, 3.05) is 0 Å². The summed E-state index contributed by atoms with van der Waals surface area (Å²) in [5, 5.41) is -1.34. The van der Waals surface area contributed by atoms with Gasteiger partial charge < -0.3 is 0 Å². The van der Waals surface area contributed by atoms with Gasteiger partial charge in [0.1, 0.15) is 9.58 Å². The van der Waals surface area contributed by atoms with E-state index >= 15 is 0 Å². The summed E-state index contributed by atoms with van der Waals surface area (Å²) in [6.45, 7) is 6.88. The zero-order valence-electron chi connectivity index (χ0n) is 9.38. The van der Waals surface area contributed by atoms with E-state index < -0.39 is 31.3 Å². The maximum atomic E-state index is 12.8. The van der Waals surface area contributed by atoms with Gasteiger partial charge in [-0.25, -0.2) is 0 Å². The second-order valence-electron chi connectivity index (χ2n) is 5.60. The number of hydrogen-bond acceptors (Lipinski definition) is 1. The molecule has 2 aliphatic rings. The Morgan fingerprint density at radius 1 is 1.00 bits per heavy atom. The average molecular weight is 293 g/mol. The lowest BCUT2D eigenvalue weighted by molar-refractivity contribution is -0.159. The fraction of sp³-hybridized carbons (Fsp3) is 1.00. The van der Waals surface area contributed by atoms with E-state index in [9.17, 15) is 13.2 Å². The van der Waals surface area contributed by atoms with Crippen LogP contribution in [-0.4, -0.2) is 20.5 Å². The van der Waals surface area contributed by atoms with Gasteiger partial charge in [0.15, 0.2) is 0 Å². The van der Waals surface area contributed by atoms with Gasteiger partial charge in [0, 0.05) is 10.8 Å². The van der Waals surface area contributed by atoms with Gasteiger partial charge in [-0.3, -0.25) is 0 Å². The predicted octanol–water partition coefficient (Wildman–Crippen LogP) is 4.64. The highest BCUT2D eigenvalue weighted by molar-refractivity contribution is 8.09. The molecule has 6 heteroatoms. The Kier molecular flexibility index (Phi) is 2.32. The van der Waals surface area contributed by atoms with Crippen LogP contribution < -0.4 is 0 Å². The predicted molar refractivity (Wildman–Crippen MR) is 62.2 cm³/mol. The van der Waals surface area contributed by atoms with Crippen molar-refractivity contribution in [1.29, 1.82) is 0 Å². The first-order valence-electron chi connectivity index (χ1n) is 4.96. The van der Waals surface area contributed by atoms with Gasteiger partial charge in [-0.1, -0.05) is 27.7 Å². The van der Waals surface area contributed by atoms with Crippen LogP contribution in [0.3, 0.4) is 0 Å². The minimum Gasteiger partial charge on any atom is -0.170 e. The van der Waals surface area contributed by atoms with Crippen molar-refractivity contribution in [3.05, 3.63) is 0 Å². The molecule has 2 rings (SSSR count). The normalized spacial score (nSPS) is 36.9. The van der Waals surface area contributed by atoms with Crippen molar-refractivity contribution >= 4 is 35.0 Å². The summed E-state index contributed by atoms with van der Waals surface area (Å²) in [7, 11) is 0. The van der Waals surface area contributed by atoms with Crippen molar-refractivity contribution in [3.8, 4) is 0 Å². The molecule has 1 heterocycles. The van der Waals surface area contributed by atoms with Gasteiger partial charge in [0.05, 0.1) is 4.75 Å². The first kappa shape index (κ1) is 13.2. The van der Waals surface area contributed by atoms with Crippen molar-refractivity contribution in [1.82, 2.24) is 0 Å². The summed E-state index contributed by atoms with van der Waals surface area (Å²) in [6.07, 6.45) is -4.18. The second-order valence-corrected chi connectivity index (χ2v) is 8.28. The smallest absolute Gasteiger partial charge is 0.170 e. The molecule has 1 atom stereocenters. The summed E-state index contributed by atoms with van der Waals surface area (Å²) in [5.74, 6) is 0. The first-order valence-corrected chi connectivity index (χ1v) is 6.60. The number of halogens is 5. The Bertz CT molecular complexity index is 328. The molecule has 0 aromatic heterocycles. The zero-order chi connectivity index (χ0) is 12.8. The summed E-state index contributed by atoms with van der Waals surface area (Å²) < 4.78 is 36.4. The molecule has 16 heavy (non-hydrogen) atoms. The van der Waals surface area contributed by atoms with E-state index in [0.29, 0.717) is 0 Å². The van der Waals surface area contributed by atoms with Crippen molar-refractivity contribution < 1.29 is 13.2 Å². The van der Waals surface area contributed by atoms with Crippen LogP contribution in [0.1, 0.15) is 27.7 Å². The molecule has 1 spiro atoms. The van der Waals surface area contributed by atoms with E-state index in [-0.39, 0.29) is 0 Å². The highest BCUT2D eigenvalue weighted by Gasteiger charge is 2.92. The molecule has 1 aliphatic carbocycles. The lowest BCUT2D eigenvalue weighted by Gasteiger charge is -2.67. The number of hydrogen-bond donors (Lipinski definition) is 0. The van der Waals surface area contributed by atoms with Crippen LogP contribution in [0.4, 0.5) is 13.2 Å². The van der Waals surface area contributed by atoms with E-state index in [4.69, 9.17) is 23.2 Å². The largest absolute Gasteiger partial charge is 0.401 e. The Morgan fingerprint density at radius 3 is 1.62 bits per heavy atom. The lowest BCUT2D eigenvalue weighted by atomic mass is 9.46. The molecule has 0 aromatic carbocycles. The fourth-order valence-corrected chi connectivity index (χ4v) is 6.24. The molecule has 94 valence electrons. The van der Waals surface area contributed by atoms with Gasteiger partial charge in [0.25, 0.3) is 0 Å². The van der Waals surface area contributed by atoms with Crippen LogP contribution in [0, 0.1) is 10.8 Å². The monoisotopic (exact) mass is 292 g/mol. The first-order chi connectivity index (χ1) is 6.84. The molecule has 1 unspecified atom stereocenters. The third-order valence-corrected chi connectivity index (χ3v) is 8.46. The van der Waals surface area contributed by atoms with Crippen molar-refractivity contribution in [2.45, 2.75) is 48.2 Å². The minimum atomic E-state index is -4.18. The van der Waals surface area contributed by atoms with Crippen LogP contribution in [0.5, 0.6) is 0 Å². The van der Waals surface area contributed by atoms with Gasteiger partial charge in [0.2, 0.25) is 0 Å². The van der Waals surface area contributed by atoms with Crippen LogP contribution in [-0.2, 0) is 0 Å². The molecule has 0 aromatic rings. The maximum Gasteiger partial charge on any atom is 0.401 e. The third kappa shape index (κ3) is 1.04. The lowest BCUT2D eigenvalue weighted by Crippen LogP contribution is -2.74. The van der Waals surface area contributed by atoms with Crippen LogP contribution in [0.15, 0.2) is 0 Å². The summed E-state index contributed by atoms with van der Waals surface area (Å²) >= 11 is 13.4. The molecular weight excluding hydrogens is 280 g/mol. The Morgan fingerprint density at radius 2 is 1.38 bits per heavy atom. The fourth-order valence-electron chi connectivity index (χ4n) is 3.37. The Labute approximate surface area is 107 Å². The van der Waals surface area contributed by atoms with E-state index in [0.717, 1.165) is 11.8 Å². The van der Waals surface area contributed by atoms with Gasteiger partial charge >= 0.3 is 6.18 Å². The summed E-state index contributed by atoms with van der Waals surface area (Å²) in [6, 6.07) is 0. The average Bonchev–Trinajstić information content (AvgIpc) is 2.77. The summed E-state index contributed by atoms with van der Waals surface area (Å²) in [4.78, 5) is 0. The van der Waals surface area contributed by atoms with Crippen molar-refractivity contribution in [2.24, 2.45) is 10.8 Å². The van der Waals surface area contributed by atoms with Crippen LogP contribution in [0.25, 0.3) is 0 Å². The molecule has 0 N–H and O–H groups in total. The van der Waals surface area contributed by atoms with E-state index in [1.807, 2.05) is 0 Å². The quantitative estimate of drug-likeness (QED) is 0.463. The van der Waals surface area contributed by atoms with Crippen molar-refractivity contribution in [3.63, 3.8) is 0 Å². The zero-order valence-corrected chi connectivity index (χ0v) is 11.7. The molecule has 2 fully saturated rings. The molecule has 0 amide bonds. The van der Waals surface area contributed by atoms with E-state index in [2.05, 4.69) is 0 Å². The molecule has 0 radical (unpaired) electrons. The van der Waals surface area contributed by atoms with E-state index in [1.165, 1.54) is 0 Å². The highest BCUT2D eigenvalue weighted by Crippen LogP contribution is 2.89. The summed E-state index contributed by atoms with van der Waals surface area (Å²) in [5.41, 5.74) is -1.48. The van der Waals surface area contributed by atoms with Gasteiger partial charge in [-0.15, -0.1) is 35.0 Å².